The van der Waals surface area contributed by atoms with E-state index in [0.29, 0.717) is 12.5 Å². The molecule has 0 spiro atoms. The molecule has 2 heterocycles. The molecule has 1 N–H and O–H groups in total. The van der Waals surface area contributed by atoms with Gasteiger partial charge in [-0.25, -0.2) is 9.97 Å². The van der Waals surface area contributed by atoms with E-state index in [-0.39, 0.29) is 6.61 Å². The van der Waals surface area contributed by atoms with E-state index in [1.807, 2.05) is 6.92 Å². The fourth-order valence-corrected chi connectivity index (χ4v) is 2.44. The first-order valence-corrected chi connectivity index (χ1v) is 7.03. The fraction of sp³-hybridized carbons (Fsp3) is 0.714. The maximum atomic E-state index is 9.17. The van der Waals surface area contributed by atoms with E-state index in [1.165, 1.54) is 0 Å². The van der Waals surface area contributed by atoms with Crippen LogP contribution in [0.15, 0.2) is 6.07 Å². The third-order valence-electron chi connectivity index (χ3n) is 3.38. The van der Waals surface area contributed by atoms with Crippen molar-refractivity contribution in [1.82, 2.24) is 9.97 Å². The van der Waals surface area contributed by atoms with E-state index < -0.39 is 0 Å². The van der Waals surface area contributed by atoms with Gasteiger partial charge in [0.2, 0.25) is 0 Å². The summed E-state index contributed by atoms with van der Waals surface area (Å²) in [6.07, 6.45) is 2.06. The smallest absolute Gasteiger partial charge is 0.132 e. The standard InChI is InChI=1S/C14H23N3O2/c1-3-5-17(6-7-18)14-9-13(15-11(2)16-14)12-4-8-19-10-12/h9,12,18H,3-8,10H2,1-2H3. The van der Waals surface area contributed by atoms with Gasteiger partial charge in [-0.2, -0.15) is 0 Å². The number of hydrogen-bond acceptors (Lipinski definition) is 5. The summed E-state index contributed by atoms with van der Waals surface area (Å²) in [7, 11) is 0. The van der Waals surface area contributed by atoms with E-state index in [0.717, 1.165) is 49.9 Å². The van der Waals surface area contributed by atoms with Crippen molar-refractivity contribution in [2.75, 3.05) is 37.8 Å². The Kier molecular flexibility index (Phi) is 5.10. The molecule has 1 saturated heterocycles. The van der Waals surface area contributed by atoms with Crippen molar-refractivity contribution in [1.29, 1.82) is 0 Å². The van der Waals surface area contributed by atoms with Gasteiger partial charge < -0.3 is 14.7 Å². The number of ether oxygens (including phenoxy) is 1. The van der Waals surface area contributed by atoms with Gasteiger partial charge in [-0.1, -0.05) is 6.92 Å². The monoisotopic (exact) mass is 265 g/mol. The minimum Gasteiger partial charge on any atom is -0.395 e. The Labute approximate surface area is 114 Å². The van der Waals surface area contributed by atoms with Crippen molar-refractivity contribution < 1.29 is 9.84 Å². The second-order valence-electron chi connectivity index (χ2n) is 4.97. The molecule has 1 aliphatic rings. The summed E-state index contributed by atoms with van der Waals surface area (Å²) in [5, 5.41) is 9.17. The second kappa shape index (κ2) is 6.82. The summed E-state index contributed by atoms with van der Waals surface area (Å²) < 4.78 is 5.43. The molecule has 19 heavy (non-hydrogen) atoms. The molecule has 2 rings (SSSR count). The van der Waals surface area contributed by atoms with Crippen molar-refractivity contribution in [3.8, 4) is 0 Å². The highest BCUT2D eigenvalue weighted by Gasteiger charge is 2.21. The first kappa shape index (κ1) is 14.2. The molecule has 0 aliphatic carbocycles. The minimum absolute atomic E-state index is 0.144. The number of aliphatic hydroxyl groups is 1. The minimum atomic E-state index is 0.144. The summed E-state index contributed by atoms with van der Waals surface area (Å²) in [5.74, 6) is 2.10. The molecule has 0 aromatic carbocycles. The van der Waals surface area contributed by atoms with Crippen LogP contribution in [0.3, 0.4) is 0 Å². The second-order valence-corrected chi connectivity index (χ2v) is 4.97. The predicted molar refractivity (Wildman–Crippen MR) is 74.5 cm³/mol. The van der Waals surface area contributed by atoms with Gasteiger partial charge in [-0.05, 0) is 19.8 Å². The molecule has 0 amide bonds. The maximum Gasteiger partial charge on any atom is 0.132 e. The summed E-state index contributed by atoms with van der Waals surface area (Å²) in [6.45, 7) is 7.28. The van der Waals surface area contributed by atoms with E-state index in [1.54, 1.807) is 0 Å². The highest BCUT2D eigenvalue weighted by atomic mass is 16.5. The lowest BCUT2D eigenvalue weighted by atomic mass is 10.0. The van der Waals surface area contributed by atoms with Gasteiger partial charge in [-0.15, -0.1) is 0 Å². The highest BCUT2D eigenvalue weighted by molar-refractivity contribution is 5.40. The molecule has 1 fully saturated rings. The summed E-state index contributed by atoms with van der Waals surface area (Å²) >= 11 is 0. The molecule has 1 aromatic heterocycles. The first-order valence-electron chi connectivity index (χ1n) is 7.03. The van der Waals surface area contributed by atoms with E-state index in [2.05, 4.69) is 27.9 Å². The van der Waals surface area contributed by atoms with Crippen molar-refractivity contribution in [2.24, 2.45) is 0 Å². The van der Waals surface area contributed by atoms with Gasteiger partial charge >= 0.3 is 0 Å². The topological polar surface area (TPSA) is 58.5 Å². The van der Waals surface area contributed by atoms with Crippen LogP contribution in [0.5, 0.6) is 0 Å². The van der Waals surface area contributed by atoms with E-state index in [9.17, 15) is 0 Å². The number of anilines is 1. The van der Waals surface area contributed by atoms with Gasteiger partial charge in [0.05, 0.1) is 18.9 Å². The third-order valence-corrected chi connectivity index (χ3v) is 3.38. The molecule has 0 saturated carbocycles. The predicted octanol–water partition coefficient (Wildman–Crippen LogP) is 1.50. The van der Waals surface area contributed by atoms with Crippen LogP contribution in [-0.4, -0.2) is 48.0 Å². The zero-order valence-corrected chi connectivity index (χ0v) is 11.8. The van der Waals surface area contributed by atoms with Gasteiger partial charge in [0.25, 0.3) is 0 Å². The molecular formula is C14H23N3O2. The van der Waals surface area contributed by atoms with Crippen LogP contribution in [0, 0.1) is 6.92 Å². The molecule has 1 atom stereocenters. The van der Waals surface area contributed by atoms with Crippen LogP contribution >= 0.6 is 0 Å². The largest absolute Gasteiger partial charge is 0.395 e. The van der Waals surface area contributed by atoms with Crippen LogP contribution in [0.1, 0.15) is 37.2 Å². The Bertz CT molecular complexity index is 400. The zero-order valence-electron chi connectivity index (χ0n) is 11.8. The lowest BCUT2D eigenvalue weighted by Crippen LogP contribution is -2.29. The molecule has 0 bridgehead atoms. The Morgan fingerprint density at radius 1 is 1.42 bits per heavy atom. The number of aromatic nitrogens is 2. The Morgan fingerprint density at radius 2 is 2.26 bits per heavy atom. The number of rotatable bonds is 6. The summed E-state index contributed by atoms with van der Waals surface area (Å²) in [6, 6.07) is 2.05. The van der Waals surface area contributed by atoms with Crippen LogP contribution in [0.25, 0.3) is 0 Å². The third kappa shape index (κ3) is 3.64. The molecule has 0 radical (unpaired) electrons. The van der Waals surface area contributed by atoms with Crippen molar-refractivity contribution in [2.45, 2.75) is 32.6 Å². The highest BCUT2D eigenvalue weighted by Crippen LogP contribution is 2.26. The van der Waals surface area contributed by atoms with Crippen molar-refractivity contribution in [3.63, 3.8) is 0 Å². The van der Waals surface area contributed by atoms with Crippen molar-refractivity contribution >= 4 is 5.82 Å². The quantitative estimate of drug-likeness (QED) is 0.844. The van der Waals surface area contributed by atoms with Crippen LogP contribution in [0.2, 0.25) is 0 Å². The molecule has 5 heteroatoms. The number of hydrogen-bond donors (Lipinski definition) is 1. The zero-order chi connectivity index (χ0) is 13.7. The van der Waals surface area contributed by atoms with Crippen molar-refractivity contribution in [3.05, 3.63) is 17.6 Å². The lowest BCUT2D eigenvalue weighted by molar-refractivity contribution is 0.193. The number of aryl methyl sites for hydroxylation is 1. The number of aliphatic hydroxyl groups excluding tert-OH is 1. The average Bonchev–Trinajstić information content (AvgIpc) is 2.91. The SMILES string of the molecule is CCCN(CCO)c1cc(C2CCOC2)nc(C)n1. The van der Waals surface area contributed by atoms with Gasteiger partial charge in [-0.3, -0.25) is 0 Å². The number of nitrogens with zero attached hydrogens (tertiary/aromatic N) is 3. The first-order chi connectivity index (χ1) is 9.24. The van der Waals surface area contributed by atoms with E-state index >= 15 is 0 Å². The molecule has 1 aromatic rings. The average molecular weight is 265 g/mol. The van der Waals surface area contributed by atoms with Crippen LogP contribution < -0.4 is 4.90 Å². The molecule has 1 unspecified atom stereocenters. The van der Waals surface area contributed by atoms with Crippen LogP contribution in [-0.2, 0) is 4.74 Å². The Balaban J connectivity index is 2.23. The van der Waals surface area contributed by atoms with E-state index in [4.69, 9.17) is 9.84 Å². The van der Waals surface area contributed by atoms with Gasteiger partial charge in [0.1, 0.15) is 11.6 Å². The molecule has 1 aliphatic heterocycles. The Morgan fingerprint density at radius 3 is 2.89 bits per heavy atom. The van der Waals surface area contributed by atoms with Gasteiger partial charge in [0, 0.05) is 31.7 Å². The maximum absolute atomic E-state index is 9.17. The molecule has 106 valence electrons. The van der Waals surface area contributed by atoms with Crippen LogP contribution in [0.4, 0.5) is 5.82 Å². The summed E-state index contributed by atoms with van der Waals surface area (Å²) in [5.41, 5.74) is 1.07. The normalized spacial score (nSPS) is 18.8. The molecule has 5 nitrogen and oxygen atoms in total. The lowest BCUT2D eigenvalue weighted by Gasteiger charge is -2.23. The summed E-state index contributed by atoms with van der Waals surface area (Å²) in [4.78, 5) is 11.2. The van der Waals surface area contributed by atoms with Gasteiger partial charge in [0.15, 0.2) is 0 Å². The fourth-order valence-electron chi connectivity index (χ4n) is 2.44. The Hall–Kier alpha value is -1.20. The molecular weight excluding hydrogens is 242 g/mol.